The fraction of sp³-hybridized carbons (Fsp3) is 0.280. The number of nitrogens with two attached hydrogens (primary N) is 1. The second-order valence-electron chi connectivity index (χ2n) is 8.27. The van der Waals surface area contributed by atoms with Gasteiger partial charge in [-0.2, -0.15) is 0 Å². The van der Waals surface area contributed by atoms with Crippen LogP contribution in [0.2, 0.25) is 0 Å². The maximum atomic E-state index is 14.7. The average Bonchev–Trinajstić information content (AvgIpc) is 3.11. The number of halogens is 1. The lowest BCUT2D eigenvalue weighted by Gasteiger charge is -2.29. The molecular weight excluding hydrogens is 393 g/mol. The Hall–Kier alpha value is -3.25. The van der Waals surface area contributed by atoms with Gasteiger partial charge in [-0.1, -0.05) is 12.7 Å². The molecule has 5 rings (SSSR count). The maximum absolute atomic E-state index is 14.7. The van der Waals surface area contributed by atoms with Gasteiger partial charge in [0.25, 0.3) is 6.47 Å². The van der Waals surface area contributed by atoms with E-state index in [2.05, 4.69) is 23.6 Å². The highest BCUT2D eigenvalue weighted by molar-refractivity contribution is 6.00. The van der Waals surface area contributed by atoms with Crippen LogP contribution >= 0.6 is 0 Å². The van der Waals surface area contributed by atoms with Crippen molar-refractivity contribution in [3.8, 4) is 0 Å². The zero-order valence-corrected chi connectivity index (χ0v) is 17.7. The molecule has 0 bridgehead atoms. The van der Waals surface area contributed by atoms with E-state index in [0.717, 1.165) is 63.2 Å². The van der Waals surface area contributed by atoms with Gasteiger partial charge in [-0.25, -0.2) is 9.37 Å². The molecule has 3 heterocycles. The van der Waals surface area contributed by atoms with Crippen molar-refractivity contribution in [2.45, 2.75) is 33.2 Å². The first-order chi connectivity index (χ1) is 15.0. The number of fused-ring (bicyclic) bond motifs is 4. The van der Waals surface area contributed by atoms with Crippen molar-refractivity contribution >= 4 is 28.6 Å². The van der Waals surface area contributed by atoms with Crippen molar-refractivity contribution in [2.24, 2.45) is 5.73 Å². The van der Waals surface area contributed by atoms with Gasteiger partial charge in [-0.3, -0.25) is 4.79 Å². The minimum atomic E-state index is -0.214. The van der Waals surface area contributed by atoms with Crippen molar-refractivity contribution in [3.05, 3.63) is 75.4 Å². The summed E-state index contributed by atoms with van der Waals surface area (Å²) in [4.78, 5) is 17.8. The van der Waals surface area contributed by atoms with E-state index in [1.165, 1.54) is 5.57 Å². The van der Waals surface area contributed by atoms with E-state index in [0.29, 0.717) is 30.6 Å². The van der Waals surface area contributed by atoms with Crippen molar-refractivity contribution in [1.29, 1.82) is 0 Å². The van der Waals surface area contributed by atoms with E-state index in [9.17, 15) is 9.18 Å². The van der Waals surface area contributed by atoms with E-state index in [-0.39, 0.29) is 12.4 Å². The molecule has 1 aliphatic carbocycles. The molecule has 0 atom stereocenters. The first-order valence-electron chi connectivity index (χ1n) is 10.4. The smallest absolute Gasteiger partial charge is 0.293 e. The third-order valence-electron chi connectivity index (χ3n) is 6.68. The minimum Gasteiger partial charge on any atom is -0.463 e. The predicted octanol–water partition coefficient (Wildman–Crippen LogP) is 4.14. The van der Waals surface area contributed by atoms with E-state index in [1.807, 2.05) is 13.8 Å². The number of pyridine rings is 1. The number of nitrogens with zero attached hydrogens (tertiary/aromatic N) is 2. The third kappa shape index (κ3) is 2.78. The van der Waals surface area contributed by atoms with Gasteiger partial charge in [0, 0.05) is 34.8 Å². The van der Waals surface area contributed by atoms with Crippen LogP contribution in [0.4, 0.5) is 4.39 Å². The molecule has 1 aromatic carbocycles. The van der Waals surface area contributed by atoms with Crippen LogP contribution in [0.15, 0.2) is 41.6 Å². The largest absolute Gasteiger partial charge is 0.463 e. The van der Waals surface area contributed by atoms with E-state index >= 15 is 0 Å². The van der Waals surface area contributed by atoms with Gasteiger partial charge in [0.1, 0.15) is 12.4 Å². The molecule has 31 heavy (non-hydrogen) atoms. The SMILES string of the molecule is C=C1C(COC=O)=C(C)C=C2c3nc4cc(F)c(C)c5c4c(c3CN12)/C(=C/CN)CC5. The number of carbonyl (C=O) groups is 1. The van der Waals surface area contributed by atoms with Gasteiger partial charge >= 0.3 is 0 Å². The molecular formula is C25H24FN3O2. The number of carbonyl (C=O) groups excluding carboxylic acids is 1. The zero-order chi connectivity index (χ0) is 21.9. The molecule has 1 aromatic heterocycles. The van der Waals surface area contributed by atoms with Crippen molar-refractivity contribution in [3.63, 3.8) is 0 Å². The summed E-state index contributed by atoms with van der Waals surface area (Å²) >= 11 is 0. The molecule has 0 unspecified atom stereocenters. The van der Waals surface area contributed by atoms with Crippen LogP contribution in [0.5, 0.6) is 0 Å². The Labute approximate surface area is 180 Å². The molecule has 0 fully saturated rings. The molecule has 0 radical (unpaired) electrons. The Morgan fingerprint density at radius 2 is 2.13 bits per heavy atom. The van der Waals surface area contributed by atoms with Gasteiger partial charge in [-0.15, -0.1) is 0 Å². The van der Waals surface area contributed by atoms with Crippen LogP contribution in [0, 0.1) is 12.7 Å². The van der Waals surface area contributed by atoms with Gasteiger partial charge in [-0.05, 0) is 60.6 Å². The monoisotopic (exact) mass is 417 g/mol. The number of aryl methyl sites for hydroxylation is 1. The van der Waals surface area contributed by atoms with Crippen LogP contribution in [-0.2, 0) is 22.5 Å². The van der Waals surface area contributed by atoms with Crippen molar-refractivity contribution < 1.29 is 13.9 Å². The Morgan fingerprint density at radius 1 is 1.32 bits per heavy atom. The first-order valence-corrected chi connectivity index (χ1v) is 10.4. The number of benzene rings is 1. The molecule has 0 spiro atoms. The minimum absolute atomic E-state index is 0.180. The molecule has 0 saturated carbocycles. The Kier molecular flexibility index (Phi) is 4.55. The van der Waals surface area contributed by atoms with E-state index in [4.69, 9.17) is 15.5 Å². The molecule has 2 N–H and O–H groups in total. The third-order valence-corrected chi connectivity index (χ3v) is 6.68. The lowest BCUT2D eigenvalue weighted by molar-refractivity contribution is -0.127. The predicted molar refractivity (Wildman–Crippen MR) is 119 cm³/mol. The standard InChI is InChI=1S/C25H24FN3O2/c1-13-8-22-25-18(10-29(22)15(3)19(13)11-31-12-30)23-16(6-7-27)4-5-17-14(2)20(26)9-21(28-25)24(17)23/h6,8-9,12H,3-5,7,10-11,27H2,1-2H3/b16-6+. The van der Waals surface area contributed by atoms with Gasteiger partial charge < -0.3 is 15.4 Å². The van der Waals surface area contributed by atoms with Crippen molar-refractivity contribution in [1.82, 2.24) is 9.88 Å². The number of aromatic nitrogens is 1. The molecule has 2 aromatic rings. The molecule has 6 heteroatoms. The quantitative estimate of drug-likeness (QED) is 0.757. The summed E-state index contributed by atoms with van der Waals surface area (Å²) in [7, 11) is 0. The highest BCUT2D eigenvalue weighted by Crippen LogP contribution is 2.48. The lowest BCUT2D eigenvalue weighted by Crippen LogP contribution is -2.22. The Balaban J connectivity index is 1.79. The second kappa shape index (κ2) is 7.17. The maximum Gasteiger partial charge on any atom is 0.293 e. The number of rotatable bonds is 4. The van der Waals surface area contributed by atoms with Crippen LogP contribution in [0.25, 0.3) is 22.2 Å². The normalized spacial score (nSPS) is 18.5. The van der Waals surface area contributed by atoms with Crippen LogP contribution in [-0.4, -0.2) is 29.5 Å². The highest BCUT2D eigenvalue weighted by atomic mass is 19.1. The van der Waals surface area contributed by atoms with Crippen LogP contribution < -0.4 is 5.73 Å². The molecule has 3 aliphatic rings. The van der Waals surface area contributed by atoms with Gasteiger partial charge in [0.05, 0.1) is 23.5 Å². The van der Waals surface area contributed by atoms with Crippen molar-refractivity contribution in [2.75, 3.05) is 13.2 Å². The van der Waals surface area contributed by atoms with Crippen LogP contribution in [0.1, 0.15) is 41.3 Å². The van der Waals surface area contributed by atoms with Crippen LogP contribution in [0.3, 0.4) is 0 Å². The zero-order valence-electron chi connectivity index (χ0n) is 17.7. The number of hydrogen-bond acceptors (Lipinski definition) is 5. The van der Waals surface area contributed by atoms with E-state index < -0.39 is 0 Å². The Bertz CT molecular complexity index is 1270. The lowest BCUT2D eigenvalue weighted by atomic mass is 9.81. The molecule has 2 aliphatic heterocycles. The summed E-state index contributed by atoms with van der Waals surface area (Å²) in [6.07, 6.45) is 5.74. The topological polar surface area (TPSA) is 68.5 Å². The number of hydrogen-bond donors (Lipinski definition) is 1. The second-order valence-corrected chi connectivity index (χ2v) is 8.27. The average molecular weight is 417 g/mol. The van der Waals surface area contributed by atoms with Gasteiger partial charge in [0.15, 0.2) is 0 Å². The summed E-state index contributed by atoms with van der Waals surface area (Å²) in [6, 6.07) is 1.55. The summed E-state index contributed by atoms with van der Waals surface area (Å²) in [6.45, 7) is 9.80. The van der Waals surface area contributed by atoms with E-state index in [1.54, 1.807) is 6.07 Å². The fourth-order valence-corrected chi connectivity index (χ4v) is 5.13. The highest BCUT2D eigenvalue weighted by Gasteiger charge is 2.36. The number of ether oxygens (including phenoxy) is 1. The summed E-state index contributed by atoms with van der Waals surface area (Å²) in [5.74, 6) is -0.214. The molecule has 5 nitrogen and oxygen atoms in total. The Morgan fingerprint density at radius 3 is 2.87 bits per heavy atom. The molecule has 0 amide bonds. The van der Waals surface area contributed by atoms with Gasteiger partial charge in [0.2, 0.25) is 0 Å². The molecule has 158 valence electrons. The summed E-state index contributed by atoms with van der Waals surface area (Å²) < 4.78 is 19.7. The first kappa shape index (κ1) is 19.7. The summed E-state index contributed by atoms with van der Waals surface area (Å²) in [5, 5.41) is 1.05. The fourth-order valence-electron chi connectivity index (χ4n) is 5.13. The summed E-state index contributed by atoms with van der Waals surface area (Å²) in [5.41, 5.74) is 16.3. The molecule has 0 saturated heterocycles. The number of allylic oxidation sites excluding steroid dienone is 3.